The van der Waals surface area contributed by atoms with Crippen molar-refractivity contribution in [1.82, 2.24) is 15.3 Å². The van der Waals surface area contributed by atoms with Crippen LogP contribution in [0.3, 0.4) is 0 Å². The maximum atomic E-state index is 4.41. The lowest BCUT2D eigenvalue weighted by atomic mass is 10.1. The normalized spacial score (nSPS) is 14.1. The van der Waals surface area contributed by atoms with E-state index in [1.165, 1.54) is 5.56 Å². The lowest BCUT2D eigenvalue weighted by Gasteiger charge is -2.21. The summed E-state index contributed by atoms with van der Waals surface area (Å²) in [5.41, 5.74) is 3.22. The van der Waals surface area contributed by atoms with E-state index in [0.717, 1.165) is 15.9 Å². The standard InChI is InChI=1S/C15H18BrN3/c1-10(13-6-4-5-7-14(13)16)19-12(3)15-11(2)17-8-9-18-15/h4-10,12,19H,1-3H3. The summed E-state index contributed by atoms with van der Waals surface area (Å²) in [6, 6.07) is 8.67. The number of rotatable bonds is 4. The molecule has 1 N–H and O–H groups in total. The van der Waals surface area contributed by atoms with Crippen molar-refractivity contribution >= 4 is 15.9 Å². The minimum absolute atomic E-state index is 0.163. The lowest BCUT2D eigenvalue weighted by molar-refractivity contribution is 0.482. The highest BCUT2D eigenvalue weighted by Crippen LogP contribution is 2.25. The molecule has 19 heavy (non-hydrogen) atoms. The summed E-state index contributed by atoms with van der Waals surface area (Å²) in [4.78, 5) is 8.70. The summed E-state index contributed by atoms with van der Waals surface area (Å²) in [5, 5.41) is 3.56. The second-order valence-electron chi connectivity index (χ2n) is 4.66. The first-order valence-corrected chi connectivity index (χ1v) is 7.17. The van der Waals surface area contributed by atoms with Gasteiger partial charge in [0.25, 0.3) is 0 Å². The van der Waals surface area contributed by atoms with Gasteiger partial charge in [0.2, 0.25) is 0 Å². The van der Waals surface area contributed by atoms with E-state index >= 15 is 0 Å². The first-order valence-electron chi connectivity index (χ1n) is 6.37. The molecule has 2 atom stereocenters. The fourth-order valence-electron chi connectivity index (χ4n) is 2.21. The quantitative estimate of drug-likeness (QED) is 0.926. The predicted octanol–water partition coefficient (Wildman–Crippen LogP) is 3.96. The Morgan fingerprint density at radius 2 is 1.74 bits per heavy atom. The molecule has 3 nitrogen and oxygen atoms in total. The molecule has 0 aliphatic heterocycles. The van der Waals surface area contributed by atoms with E-state index in [0.29, 0.717) is 0 Å². The van der Waals surface area contributed by atoms with Gasteiger partial charge in [0.05, 0.1) is 11.4 Å². The Balaban J connectivity index is 2.13. The molecule has 2 unspecified atom stereocenters. The maximum absolute atomic E-state index is 4.41. The molecule has 1 aromatic heterocycles. The van der Waals surface area contributed by atoms with E-state index in [9.17, 15) is 0 Å². The number of nitrogens with zero attached hydrogens (tertiary/aromatic N) is 2. The highest BCUT2D eigenvalue weighted by Gasteiger charge is 2.15. The van der Waals surface area contributed by atoms with E-state index in [2.05, 4.69) is 63.3 Å². The highest BCUT2D eigenvalue weighted by molar-refractivity contribution is 9.10. The van der Waals surface area contributed by atoms with E-state index in [1.54, 1.807) is 12.4 Å². The molecule has 0 aliphatic carbocycles. The molecule has 2 aromatic rings. The van der Waals surface area contributed by atoms with Gasteiger partial charge >= 0.3 is 0 Å². The summed E-state index contributed by atoms with van der Waals surface area (Å²) >= 11 is 3.59. The van der Waals surface area contributed by atoms with Gasteiger partial charge in [0.15, 0.2) is 0 Å². The molecule has 4 heteroatoms. The van der Waals surface area contributed by atoms with Gasteiger partial charge in [-0.25, -0.2) is 0 Å². The van der Waals surface area contributed by atoms with Crippen LogP contribution in [-0.2, 0) is 0 Å². The first kappa shape index (κ1) is 14.2. The van der Waals surface area contributed by atoms with Gasteiger partial charge in [-0.3, -0.25) is 9.97 Å². The van der Waals surface area contributed by atoms with Crippen molar-refractivity contribution in [3.8, 4) is 0 Å². The van der Waals surface area contributed by atoms with Crippen molar-refractivity contribution in [3.63, 3.8) is 0 Å². The average molecular weight is 320 g/mol. The molecular weight excluding hydrogens is 302 g/mol. The number of nitrogens with one attached hydrogen (secondary N) is 1. The molecule has 0 fully saturated rings. The number of aromatic nitrogens is 2. The summed E-state index contributed by atoms with van der Waals surface area (Å²) in [7, 11) is 0. The van der Waals surface area contributed by atoms with Crippen molar-refractivity contribution in [2.45, 2.75) is 32.9 Å². The van der Waals surface area contributed by atoms with Crippen LogP contribution in [0.2, 0.25) is 0 Å². The predicted molar refractivity (Wildman–Crippen MR) is 80.9 cm³/mol. The van der Waals surface area contributed by atoms with Gasteiger partial charge in [-0.1, -0.05) is 34.1 Å². The minimum atomic E-state index is 0.163. The Morgan fingerprint density at radius 1 is 1.05 bits per heavy atom. The fourth-order valence-corrected chi connectivity index (χ4v) is 2.84. The lowest BCUT2D eigenvalue weighted by Crippen LogP contribution is -2.24. The molecule has 0 radical (unpaired) electrons. The number of aryl methyl sites for hydroxylation is 1. The molecule has 0 bridgehead atoms. The summed E-state index contributed by atoms with van der Waals surface area (Å²) in [6.07, 6.45) is 3.46. The molecule has 1 heterocycles. The monoisotopic (exact) mass is 319 g/mol. The van der Waals surface area contributed by atoms with Gasteiger partial charge < -0.3 is 5.32 Å². The molecule has 0 saturated heterocycles. The van der Waals surface area contributed by atoms with Crippen LogP contribution in [0.25, 0.3) is 0 Å². The van der Waals surface area contributed by atoms with Crippen LogP contribution in [0.4, 0.5) is 0 Å². The van der Waals surface area contributed by atoms with Crippen molar-refractivity contribution in [1.29, 1.82) is 0 Å². The van der Waals surface area contributed by atoms with Crippen LogP contribution >= 0.6 is 15.9 Å². The van der Waals surface area contributed by atoms with Crippen LogP contribution < -0.4 is 5.32 Å². The molecule has 1 aromatic carbocycles. The molecule has 100 valence electrons. The van der Waals surface area contributed by atoms with Crippen molar-refractivity contribution in [2.75, 3.05) is 0 Å². The van der Waals surface area contributed by atoms with Crippen molar-refractivity contribution < 1.29 is 0 Å². The average Bonchev–Trinajstić information content (AvgIpc) is 2.39. The Bertz CT molecular complexity index is 507. The Morgan fingerprint density at radius 3 is 2.42 bits per heavy atom. The second-order valence-corrected chi connectivity index (χ2v) is 5.51. The van der Waals surface area contributed by atoms with Crippen LogP contribution in [-0.4, -0.2) is 9.97 Å². The SMILES string of the molecule is Cc1nccnc1C(C)NC(C)c1ccccc1Br. The second kappa shape index (κ2) is 6.26. The van der Waals surface area contributed by atoms with E-state index in [-0.39, 0.29) is 12.1 Å². The number of hydrogen-bond acceptors (Lipinski definition) is 3. The zero-order valence-corrected chi connectivity index (χ0v) is 13.0. The Kier molecular flexibility index (Phi) is 4.66. The van der Waals surface area contributed by atoms with Gasteiger partial charge in [-0.15, -0.1) is 0 Å². The van der Waals surface area contributed by atoms with Gasteiger partial charge in [-0.05, 0) is 32.4 Å². The zero-order valence-electron chi connectivity index (χ0n) is 11.4. The van der Waals surface area contributed by atoms with Crippen molar-refractivity contribution in [2.24, 2.45) is 0 Å². The third kappa shape index (κ3) is 3.39. The highest BCUT2D eigenvalue weighted by atomic mass is 79.9. The molecule has 0 aliphatic rings. The maximum Gasteiger partial charge on any atom is 0.0782 e. The summed E-state index contributed by atoms with van der Waals surface area (Å²) in [6.45, 7) is 6.26. The van der Waals surface area contributed by atoms with Gasteiger partial charge in [-0.2, -0.15) is 0 Å². The largest absolute Gasteiger partial charge is 0.302 e. The van der Waals surface area contributed by atoms with Gasteiger partial charge in [0.1, 0.15) is 0 Å². The van der Waals surface area contributed by atoms with Crippen LogP contribution in [0.5, 0.6) is 0 Å². The number of benzene rings is 1. The van der Waals surface area contributed by atoms with Gasteiger partial charge in [0, 0.05) is 29.0 Å². The minimum Gasteiger partial charge on any atom is -0.302 e. The third-order valence-electron chi connectivity index (χ3n) is 3.20. The number of halogens is 1. The zero-order chi connectivity index (χ0) is 13.8. The van der Waals surface area contributed by atoms with Crippen LogP contribution in [0.1, 0.15) is 42.9 Å². The van der Waals surface area contributed by atoms with E-state index in [4.69, 9.17) is 0 Å². The smallest absolute Gasteiger partial charge is 0.0782 e. The van der Waals surface area contributed by atoms with E-state index < -0.39 is 0 Å². The van der Waals surface area contributed by atoms with Crippen LogP contribution in [0.15, 0.2) is 41.1 Å². The molecule has 0 spiro atoms. The fraction of sp³-hybridized carbons (Fsp3) is 0.333. The van der Waals surface area contributed by atoms with Crippen molar-refractivity contribution in [3.05, 3.63) is 58.1 Å². The summed E-state index contributed by atoms with van der Waals surface area (Å²) in [5.74, 6) is 0. The molecule has 0 amide bonds. The molecule has 2 rings (SSSR count). The molecular formula is C15H18BrN3. The summed E-state index contributed by atoms with van der Waals surface area (Å²) < 4.78 is 1.12. The Hall–Kier alpha value is -1.26. The van der Waals surface area contributed by atoms with E-state index in [1.807, 2.05) is 13.0 Å². The van der Waals surface area contributed by atoms with Crippen LogP contribution in [0, 0.1) is 6.92 Å². The third-order valence-corrected chi connectivity index (χ3v) is 3.92. The molecule has 0 saturated carbocycles. The Labute approximate surface area is 122 Å². The number of hydrogen-bond donors (Lipinski definition) is 1. The topological polar surface area (TPSA) is 37.8 Å². The first-order chi connectivity index (χ1) is 9.09.